The third kappa shape index (κ3) is 5.14. The minimum Gasteiger partial charge on any atom is -0.321 e. The van der Waals surface area contributed by atoms with Gasteiger partial charge in [-0.3, -0.25) is 14.9 Å². The van der Waals surface area contributed by atoms with E-state index in [1.54, 1.807) is 37.7 Å². The summed E-state index contributed by atoms with van der Waals surface area (Å²) in [6.45, 7) is 0.958. The van der Waals surface area contributed by atoms with Gasteiger partial charge in [-0.05, 0) is 79.8 Å². The van der Waals surface area contributed by atoms with E-state index < -0.39 is 10.0 Å². The van der Waals surface area contributed by atoms with E-state index in [0.717, 1.165) is 27.7 Å². The van der Waals surface area contributed by atoms with Crippen LogP contribution in [0.2, 0.25) is 0 Å². The molecule has 2 aromatic heterocycles. The molecule has 0 saturated carbocycles. The SMILES string of the molecule is CN(C)CCN(C)S(=O)(=O)c1ccc2c(c1)C(=Cc1ccc3c(C=Cc4ccncc4)n[nH]c3c1)C(=O)N2. The molecule has 0 atom stereocenters. The molecule has 9 nitrogen and oxygen atoms in total. The Hall–Kier alpha value is -4.12. The zero-order valence-corrected chi connectivity index (χ0v) is 22.2. The number of nitrogens with one attached hydrogen (secondary N) is 2. The Morgan fingerprint density at radius 2 is 1.71 bits per heavy atom. The lowest BCUT2D eigenvalue weighted by molar-refractivity contribution is -0.110. The zero-order chi connectivity index (χ0) is 26.9. The number of aromatic amines is 1. The molecule has 5 rings (SSSR count). The van der Waals surface area contributed by atoms with Crippen LogP contribution in [0.1, 0.15) is 22.4 Å². The van der Waals surface area contributed by atoms with Crippen molar-refractivity contribution in [2.24, 2.45) is 0 Å². The molecule has 3 heterocycles. The highest BCUT2D eigenvalue weighted by atomic mass is 32.2. The molecular formula is C28H28N6O3S. The standard InChI is InChI=1S/C28H28N6O3S/c1-33(2)14-15-34(3)38(36,37)21-6-9-25-23(18-21)24(28(35)30-25)16-20-4-7-22-26(31-32-27(22)17-20)8-5-19-10-12-29-13-11-19/h4-13,16-18H,14-15H2,1-3H3,(H,30,35)(H,31,32). The Morgan fingerprint density at radius 1 is 0.921 bits per heavy atom. The van der Waals surface area contributed by atoms with Crippen LogP contribution in [-0.2, 0) is 14.8 Å². The van der Waals surface area contributed by atoms with Crippen molar-refractivity contribution in [3.05, 3.63) is 83.3 Å². The number of H-pyrrole nitrogens is 1. The summed E-state index contributed by atoms with van der Waals surface area (Å²) >= 11 is 0. The molecule has 194 valence electrons. The van der Waals surface area contributed by atoms with Crippen molar-refractivity contribution in [3.8, 4) is 0 Å². The predicted molar refractivity (Wildman–Crippen MR) is 151 cm³/mol. The zero-order valence-electron chi connectivity index (χ0n) is 21.3. The van der Waals surface area contributed by atoms with Crippen LogP contribution < -0.4 is 5.32 Å². The molecule has 0 fully saturated rings. The van der Waals surface area contributed by atoms with Gasteiger partial charge in [0.05, 0.1) is 16.1 Å². The number of sulfonamides is 1. The number of anilines is 1. The highest BCUT2D eigenvalue weighted by Gasteiger charge is 2.28. The first-order valence-corrected chi connectivity index (χ1v) is 13.5. The molecule has 2 aromatic carbocycles. The Morgan fingerprint density at radius 3 is 2.47 bits per heavy atom. The van der Waals surface area contributed by atoms with Crippen LogP contribution in [0.4, 0.5) is 5.69 Å². The molecule has 1 aliphatic rings. The molecule has 0 unspecified atom stereocenters. The van der Waals surface area contributed by atoms with Gasteiger partial charge in [-0.2, -0.15) is 9.40 Å². The third-order valence-electron chi connectivity index (χ3n) is 6.41. The molecular weight excluding hydrogens is 500 g/mol. The number of nitrogens with zero attached hydrogens (tertiary/aromatic N) is 4. The van der Waals surface area contributed by atoms with Crippen LogP contribution in [0.3, 0.4) is 0 Å². The second kappa shape index (κ2) is 10.3. The Bertz CT molecular complexity index is 1670. The van der Waals surface area contributed by atoms with Gasteiger partial charge in [0.1, 0.15) is 0 Å². The minimum absolute atomic E-state index is 0.148. The van der Waals surface area contributed by atoms with Crippen molar-refractivity contribution >= 4 is 56.3 Å². The smallest absolute Gasteiger partial charge is 0.256 e. The summed E-state index contributed by atoms with van der Waals surface area (Å²) in [5, 5.41) is 11.2. The first-order valence-electron chi connectivity index (χ1n) is 12.1. The lowest BCUT2D eigenvalue weighted by atomic mass is 10.0. The van der Waals surface area contributed by atoms with E-state index in [1.165, 1.54) is 10.4 Å². The highest BCUT2D eigenvalue weighted by Crippen LogP contribution is 2.35. The van der Waals surface area contributed by atoms with Gasteiger partial charge in [0.2, 0.25) is 10.0 Å². The fraction of sp³-hybridized carbons (Fsp3) is 0.179. The molecule has 0 spiro atoms. The highest BCUT2D eigenvalue weighted by molar-refractivity contribution is 7.89. The van der Waals surface area contributed by atoms with Gasteiger partial charge >= 0.3 is 0 Å². The van der Waals surface area contributed by atoms with Gasteiger partial charge < -0.3 is 10.2 Å². The van der Waals surface area contributed by atoms with Gasteiger partial charge in [-0.25, -0.2) is 8.42 Å². The number of rotatable bonds is 8. The second-order valence-electron chi connectivity index (χ2n) is 9.38. The summed E-state index contributed by atoms with van der Waals surface area (Å²) < 4.78 is 27.6. The van der Waals surface area contributed by atoms with Crippen molar-refractivity contribution in [2.75, 3.05) is 39.5 Å². The largest absolute Gasteiger partial charge is 0.321 e. The third-order valence-corrected chi connectivity index (χ3v) is 8.26. The van der Waals surface area contributed by atoms with Crippen molar-refractivity contribution in [1.29, 1.82) is 0 Å². The number of carbonyl (C=O) groups is 1. The quantitative estimate of drug-likeness (QED) is 0.337. The van der Waals surface area contributed by atoms with Crippen LogP contribution >= 0.6 is 0 Å². The molecule has 1 amide bonds. The van der Waals surface area contributed by atoms with Gasteiger partial charge in [0.25, 0.3) is 5.91 Å². The van der Waals surface area contributed by atoms with Crippen LogP contribution in [0.15, 0.2) is 65.8 Å². The number of likely N-dealkylation sites (N-methyl/N-ethyl adjacent to an activating group) is 2. The number of benzene rings is 2. The maximum Gasteiger partial charge on any atom is 0.256 e. The first kappa shape index (κ1) is 25.5. The molecule has 1 aliphatic heterocycles. The van der Waals surface area contributed by atoms with Crippen LogP contribution in [0, 0.1) is 0 Å². The lowest BCUT2D eigenvalue weighted by Gasteiger charge is -2.19. The van der Waals surface area contributed by atoms with Crippen molar-refractivity contribution < 1.29 is 13.2 Å². The van der Waals surface area contributed by atoms with Gasteiger partial charge in [0, 0.05) is 54.7 Å². The predicted octanol–water partition coefficient (Wildman–Crippen LogP) is 3.80. The number of aromatic nitrogens is 3. The number of carbonyl (C=O) groups excluding carboxylic acids is 1. The van der Waals surface area contributed by atoms with E-state index in [-0.39, 0.29) is 10.8 Å². The first-order chi connectivity index (χ1) is 18.2. The molecule has 2 N–H and O–H groups in total. The fourth-order valence-corrected chi connectivity index (χ4v) is 5.39. The number of fused-ring (bicyclic) bond motifs is 2. The average Bonchev–Trinajstić information content (AvgIpc) is 3.45. The number of hydrogen-bond donors (Lipinski definition) is 2. The van der Waals surface area contributed by atoms with Crippen molar-refractivity contribution in [2.45, 2.75) is 4.90 Å². The molecule has 4 aromatic rings. The Labute approximate surface area is 221 Å². The van der Waals surface area contributed by atoms with Gasteiger partial charge in [-0.15, -0.1) is 0 Å². The number of hydrogen-bond acceptors (Lipinski definition) is 6. The molecule has 0 bridgehead atoms. The maximum atomic E-state index is 13.1. The molecule has 38 heavy (non-hydrogen) atoms. The van der Waals surface area contributed by atoms with Crippen molar-refractivity contribution in [1.82, 2.24) is 24.4 Å². The molecule has 0 aliphatic carbocycles. The van der Waals surface area contributed by atoms with E-state index in [2.05, 4.69) is 20.5 Å². The normalized spacial score (nSPS) is 14.8. The summed E-state index contributed by atoms with van der Waals surface area (Å²) in [5.74, 6) is -0.277. The summed E-state index contributed by atoms with van der Waals surface area (Å²) in [6, 6.07) is 14.3. The van der Waals surface area contributed by atoms with Crippen molar-refractivity contribution in [3.63, 3.8) is 0 Å². The van der Waals surface area contributed by atoms with E-state index in [4.69, 9.17) is 0 Å². The fourth-order valence-electron chi connectivity index (χ4n) is 4.20. The van der Waals surface area contributed by atoms with Crippen LogP contribution in [0.25, 0.3) is 34.7 Å². The summed E-state index contributed by atoms with van der Waals surface area (Å²) in [6.07, 6.45) is 9.14. The van der Waals surface area contributed by atoms with E-state index >= 15 is 0 Å². The maximum absolute atomic E-state index is 13.1. The molecule has 0 radical (unpaired) electrons. The van der Waals surface area contributed by atoms with Gasteiger partial charge in [0.15, 0.2) is 0 Å². The topological polar surface area (TPSA) is 111 Å². The Balaban J connectivity index is 1.44. The van der Waals surface area contributed by atoms with E-state index in [0.29, 0.717) is 29.9 Å². The van der Waals surface area contributed by atoms with Crippen LogP contribution in [-0.4, -0.2) is 72.9 Å². The average molecular weight is 529 g/mol. The minimum atomic E-state index is -3.70. The summed E-state index contributed by atoms with van der Waals surface area (Å²) in [7, 11) is 1.65. The lowest BCUT2D eigenvalue weighted by Crippen LogP contribution is -2.33. The summed E-state index contributed by atoms with van der Waals surface area (Å²) in [5.41, 5.74) is 4.99. The number of pyridine rings is 1. The van der Waals surface area contributed by atoms with Gasteiger partial charge in [-0.1, -0.05) is 12.1 Å². The molecule has 10 heteroatoms. The number of amides is 1. The summed E-state index contributed by atoms with van der Waals surface area (Å²) in [4.78, 5) is 18.9. The molecule has 0 saturated heterocycles. The van der Waals surface area contributed by atoms with E-state index in [1.807, 2.05) is 61.5 Å². The monoisotopic (exact) mass is 528 g/mol. The Kier molecular flexibility index (Phi) is 6.94. The van der Waals surface area contributed by atoms with E-state index in [9.17, 15) is 13.2 Å². The van der Waals surface area contributed by atoms with Crippen LogP contribution in [0.5, 0.6) is 0 Å². The second-order valence-corrected chi connectivity index (χ2v) is 11.4.